The molecule has 0 amide bonds. The summed E-state index contributed by atoms with van der Waals surface area (Å²) in [7, 11) is 0. The summed E-state index contributed by atoms with van der Waals surface area (Å²) in [5, 5.41) is 15.3. The topological polar surface area (TPSA) is 58.3 Å². The van der Waals surface area contributed by atoms with Crippen LogP contribution in [0.2, 0.25) is 0 Å². The number of phenols is 1. The van der Waals surface area contributed by atoms with E-state index in [0.717, 1.165) is 42.3 Å². The Morgan fingerprint density at radius 3 is 2.47 bits per heavy atom. The van der Waals surface area contributed by atoms with Gasteiger partial charge in [0.15, 0.2) is 0 Å². The SMILES string of the molecule is N[C@@H](c1ccc(O)c2ccccc12)C1CCNCC1. The minimum atomic E-state index is 0.0487. The van der Waals surface area contributed by atoms with Crippen molar-refractivity contribution in [2.24, 2.45) is 11.7 Å². The highest BCUT2D eigenvalue weighted by atomic mass is 16.3. The number of hydrogen-bond acceptors (Lipinski definition) is 3. The standard InChI is InChI=1S/C16H20N2O/c17-16(11-7-9-18-10-8-11)14-5-6-15(19)13-4-2-1-3-12(13)14/h1-6,11,16,18-19H,7-10,17H2/t16-/m1/s1. The summed E-state index contributed by atoms with van der Waals surface area (Å²) in [6, 6.07) is 11.7. The van der Waals surface area contributed by atoms with E-state index in [4.69, 9.17) is 5.73 Å². The number of aromatic hydroxyl groups is 1. The molecule has 2 aromatic carbocycles. The molecule has 1 saturated heterocycles. The van der Waals surface area contributed by atoms with E-state index >= 15 is 0 Å². The summed E-state index contributed by atoms with van der Waals surface area (Å²) < 4.78 is 0. The minimum absolute atomic E-state index is 0.0487. The number of rotatable bonds is 2. The first-order valence-corrected chi connectivity index (χ1v) is 6.94. The molecule has 0 aliphatic carbocycles. The fraction of sp³-hybridized carbons (Fsp3) is 0.375. The molecular formula is C16H20N2O. The minimum Gasteiger partial charge on any atom is -0.507 e. The monoisotopic (exact) mass is 256 g/mol. The molecule has 0 unspecified atom stereocenters. The molecule has 0 spiro atoms. The molecule has 0 radical (unpaired) electrons. The van der Waals surface area contributed by atoms with E-state index in [2.05, 4.69) is 5.32 Å². The fourth-order valence-corrected chi connectivity index (χ4v) is 3.05. The third kappa shape index (κ3) is 2.31. The Hall–Kier alpha value is -1.58. The maximum Gasteiger partial charge on any atom is 0.123 e. The molecule has 2 aromatic rings. The average Bonchev–Trinajstić information content (AvgIpc) is 2.48. The van der Waals surface area contributed by atoms with Gasteiger partial charge in [0.05, 0.1) is 0 Å². The van der Waals surface area contributed by atoms with Crippen molar-refractivity contribution in [2.45, 2.75) is 18.9 Å². The molecule has 3 heteroatoms. The molecular weight excluding hydrogens is 236 g/mol. The van der Waals surface area contributed by atoms with Gasteiger partial charge in [0.2, 0.25) is 0 Å². The molecule has 1 heterocycles. The molecule has 1 atom stereocenters. The maximum atomic E-state index is 9.94. The van der Waals surface area contributed by atoms with Crippen molar-refractivity contribution in [2.75, 3.05) is 13.1 Å². The Kier molecular flexibility index (Phi) is 3.40. The summed E-state index contributed by atoms with van der Waals surface area (Å²) in [5.41, 5.74) is 7.63. The van der Waals surface area contributed by atoms with Gasteiger partial charge in [-0.25, -0.2) is 0 Å². The van der Waals surface area contributed by atoms with E-state index < -0.39 is 0 Å². The van der Waals surface area contributed by atoms with E-state index in [-0.39, 0.29) is 6.04 Å². The quantitative estimate of drug-likeness (QED) is 0.774. The van der Waals surface area contributed by atoms with Gasteiger partial charge in [-0.05, 0) is 48.9 Å². The summed E-state index contributed by atoms with van der Waals surface area (Å²) in [5.74, 6) is 0.853. The Morgan fingerprint density at radius 2 is 1.74 bits per heavy atom. The lowest BCUT2D eigenvalue weighted by Crippen LogP contribution is -2.33. The normalized spacial score (nSPS) is 18.6. The number of phenolic OH excluding ortho intramolecular Hbond substituents is 1. The summed E-state index contributed by atoms with van der Waals surface area (Å²) in [6.45, 7) is 2.10. The van der Waals surface area contributed by atoms with E-state index in [1.165, 1.54) is 0 Å². The van der Waals surface area contributed by atoms with E-state index in [1.807, 2.05) is 30.3 Å². The van der Waals surface area contributed by atoms with Crippen LogP contribution in [0.15, 0.2) is 36.4 Å². The predicted octanol–water partition coefficient (Wildman–Crippen LogP) is 2.54. The van der Waals surface area contributed by atoms with Crippen molar-refractivity contribution in [1.82, 2.24) is 5.32 Å². The number of nitrogens with one attached hydrogen (secondary N) is 1. The van der Waals surface area contributed by atoms with Crippen LogP contribution < -0.4 is 11.1 Å². The average molecular weight is 256 g/mol. The zero-order valence-corrected chi connectivity index (χ0v) is 11.0. The van der Waals surface area contributed by atoms with E-state index in [9.17, 15) is 5.11 Å². The van der Waals surface area contributed by atoms with Crippen molar-refractivity contribution in [1.29, 1.82) is 0 Å². The van der Waals surface area contributed by atoms with Crippen LogP contribution >= 0.6 is 0 Å². The number of nitrogens with two attached hydrogens (primary N) is 1. The Morgan fingerprint density at radius 1 is 1.05 bits per heavy atom. The van der Waals surface area contributed by atoms with E-state index in [0.29, 0.717) is 11.7 Å². The van der Waals surface area contributed by atoms with Crippen LogP contribution in [-0.2, 0) is 0 Å². The van der Waals surface area contributed by atoms with Crippen molar-refractivity contribution in [3.63, 3.8) is 0 Å². The maximum absolute atomic E-state index is 9.94. The summed E-state index contributed by atoms with van der Waals surface area (Å²) >= 11 is 0. The fourth-order valence-electron chi connectivity index (χ4n) is 3.05. The number of hydrogen-bond donors (Lipinski definition) is 3. The third-order valence-corrected chi connectivity index (χ3v) is 4.19. The van der Waals surface area contributed by atoms with Crippen LogP contribution in [0, 0.1) is 5.92 Å². The van der Waals surface area contributed by atoms with Crippen LogP contribution in [-0.4, -0.2) is 18.2 Å². The van der Waals surface area contributed by atoms with Gasteiger partial charge in [0.1, 0.15) is 5.75 Å². The van der Waals surface area contributed by atoms with Crippen LogP contribution in [0.25, 0.3) is 10.8 Å². The Balaban J connectivity index is 2.02. The molecule has 0 bridgehead atoms. The second-order valence-corrected chi connectivity index (χ2v) is 5.33. The van der Waals surface area contributed by atoms with Gasteiger partial charge in [-0.1, -0.05) is 30.3 Å². The molecule has 19 heavy (non-hydrogen) atoms. The van der Waals surface area contributed by atoms with Crippen molar-refractivity contribution >= 4 is 10.8 Å². The van der Waals surface area contributed by atoms with Crippen LogP contribution in [0.5, 0.6) is 5.75 Å². The van der Waals surface area contributed by atoms with Crippen molar-refractivity contribution in [3.8, 4) is 5.75 Å². The highest BCUT2D eigenvalue weighted by molar-refractivity contribution is 5.91. The van der Waals surface area contributed by atoms with Crippen LogP contribution in [0.4, 0.5) is 0 Å². The van der Waals surface area contributed by atoms with Gasteiger partial charge in [0, 0.05) is 11.4 Å². The highest BCUT2D eigenvalue weighted by Gasteiger charge is 2.23. The van der Waals surface area contributed by atoms with Gasteiger partial charge >= 0.3 is 0 Å². The lowest BCUT2D eigenvalue weighted by atomic mass is 9.84. The Labute approximate surface area is 113 Å². The molecule has 3 nitrogen and oxygen atoms in total. The van der Waals surface area contributed by atoms with Gasteiger partial charge in [-0.3, -0.25) is 0 Å². The first-order valence-electron chi connectivity index (χ1n) is 6.94. The lowest BCUT2D eigenvalue weighted by molar-refractivity contribution is 0.323. The number of benzene rings is 2. The summed E-state index contributed by atoms with van der Waals surface area (Å²) in [4.78, 5) is 0. The number of fused-ring (bicyclic) bond motifs is 1. The first kappa shape index (κ1) is 12.5. The molecule has 1 aliphatic rings. The second-order valence-electron chi connectivity index (χ2n) is 5.33. The highest BCUT2D eigenvalue weighted by Crippen LogP contribution is 2.34. The molecule has 4 N–H and O–H groups in total. The van der Waals surface area contributed by atoms with Gasteiger partial charge in [-0.15, -0.1) is 0 Å². The zero-order valence-electron chi connectivity index (χ0n) is 11.0. The predicted molar refractivity (Wildman–Crippen MR) is 78.1 cm³/mol. The second kappa shape index (κ2) is 5.19. The lowest BCUT2D eigenvalue weighted by Gasteiger charge is -2.29. The summed E-state index contributed by atoms with van der Waals surface area (Å²) in [6.07, 6.45) is 2.24. The van der Waals surface area contributed by atoms with Crippen LogP contribution in [0.1, 0.15) is 24.4 Å². The largest absolute Gasteiger partial charge is 0.507 e. The van der Waals surface area contributed by atoms with Crippen molar-refractivity contribution in [3.05, 3.63) is 42.0 Å². The van der Waals surface area contributed by atoms with Crippen molar-refractivity contribution < 1.29 is 5.11 Å². The van der Waals surface area contributed by atoms with Gasteiger partial charge in [0.25, 0.3) is 0 Å². The molecule has 1 fully saturated rings. The van der Waals surface area contributed by atoms with Gasteiger partial charge in [-0.2, -0.15) is 0 Å². The van der Waals surface area contributed by atoms with Crippen LogP contribution in [0.3, 0.4) is 0 Å². The number of piperidine rings is 1. The zero-order chi connectivity index (χ0) is 13.2. The molecule has 100 valence electrons. The van der Waals surface area contributed by atoms with Gasteiger partial charge < -0.3 is 16.2 Å². The third-order valence-electron chi connectivity index (χ3n) is 4.19. The first-order chi connectivity index (χ1) is 9.27. The molecule has 0 saturated carbocycles. The Bertz CT molecular complexity index is 576. The smallest absolute Gasteiger partial charge is 0.123 e. The molecule has 3 rings (SSSR count). The molecule has 0 aromatic heterocycles. The van der Waals surface area contributed by atoms with E-state index in [1.54, 1.807) is 6.07 Å². The molecule has 1 aliphatic heterocycles.